The molecule has 2 aromatic carbocycles. The second kappa shape index (κ2) is 11.5. The zero-order valence-electron chi connectivity index (χ0n) is 19.4. The highest BCUT2D eigenvalue weighted by molar-refractivity contribution is 7.59. The van der Waals surface area contributed by atoms with Gasteiger partial charge in [0.15, 0.2) is 0 Å². The quantitative estimate of drug-likeness (QED) is 0.424. The molecule has 0 saturated carbocycles. The van der Waals surface area contributed by atoms with E-state index in [-0.39, 0.29) is 25.2 Å². The third-order valence-corrected chi connectivity index (χ3v) is 6.00. The van der Waals surface area contributed by atoms with Crippen LogP contribution >= 0.6 is 13.5 Å². The Balaban J connectivity index is 0.00000324. The van der Waals surface area contributed by atoms with E-state index in [1.165, 1.54) is 17.7 Å². The Morgan fingerprint density at radius 1 is 1.12 bits per heavy atom. The second-order valence-corrected chi connectivity index (χ2v) is 8.53. The van der Waals surface area contributed by atoms with E-state index < -0.39 is 6.04 Å². The van der Waals surface area contributed by atoms with E-state index in [1.807, 2.05) is 31.2 Å². The minimum atomic E-state index is -0.528. The summed E-state index contributed by atoms with van der Waals surface area (Å²) in [7, 11) is 0. The number of carbonyl (C=O) groups excluding carboxylic acids is 1. The third-order valence-electron chi connectivity index (χ3n) is 6.00. The average molecular weight is 485 g/mol. The van der Waals surface area contributed by atoms with Crippen LogP contribution in [-0.4, -0.2) is 39.5 Å². The maximum Gasteiger partial charge on any atom is 0.239 e. The second-order valence-electron chi connectivity index (χ2n) is 8.53. The third kappa shape index (κ3) is 5.78. The van der Waals surface area contributed by atoms with E-state index in [0.29, 0.717) is 32.6 Å². The molecule has 2 heterocycles. The summed E-state index contributed by atoms with van der Waals surface area (Å²) >= 11 is 0. The molecule has 0 unspecified atom stereocenters. The molecule has 0 bridgehead atoms. The van der Waals surface area contributed by atoms with E-state index in [1.54, 1.807) is 17.0 Å². The minimum absolute atomic E-state index is 0. The molecule has 1 aliphatic heterocycles. The zero-order valence-corrected chi connectivity index (χ0v) is 20.4. The predicted molar refractivity (Wildman–Crippen MR) is 139 cm³/mol. The highest BCUT2D eigenvalue weighted by Gasteiger charge is 2.29. The highest BCUT2D eigenvalue weighted by Crippen LogP contribution is 2.33. The van der Waals surface area contributed by atoms with Crippen molar-refractivity contribution in [1.82, 2.24) is 14.5 Å². The molecule has 9 heteroatoms. The lowest BCUT2D eigenvalue weighted by molar-refractivity contribution is -0.134. The van der Waals surface area contributed by atoms with E-state index in [0.717, 1.165) is 41.4 Å². The lowest BCUT2D eigenvalue weighted by atomic mass is 10.1. The van der Waals surface area contributed by atoms with Crippen LogP contribution in [0.2, 0.25) is 0 Å². The van der Waals surface area contributed by atoms with Crippen molar-refractivity contribution in [1.29, 1.82) is 0 Å². The molecule has 5 N–H and O–H groups in total. The molecule has 0 aliphatic carbocycles. The number of hydrogen-bond acceptors (Lipinski definition) is 5. The lowest BCUT2D eigenvalue weighted by Crippen LogP contribution is -2.47. The van der Waals surface area contributed by atoms with Crippen LogP contribution in [0.3, 0.4) is 0 Å². The van der Waals surface area contributed by atoms with E-state index in [4.69, 9.17) is 16.5 Å². The van der Waals surface area contributed by atoms with Crippen molar-refractivity contribution >= 4 is 30.9 Å². The first-order chi connectivity index (χ1) is 16.0. The summed E-state index contributed by atoms with van der Waals surface area (Å²) in [6, 6.07) is 13.9. The van der Waals surface area contributed by atoms with Gasteiger partial charge in [-0.1, -0.05) is 24.1 Å². The largest absolute Gasteiger partial charge is 0.340 e. The summed E-state index contributed by atoms with van der Waals surface area (Å²) in [5.41, 5.74) is 15.4. The number of nitrogens with two attached hydrogens (primary N) is 2. The zero-order chi connectivity index (χ0) is 23.4. The van der Waals surface area contributed by atoms with Gasteiger partial charge in [0.2, 0.25) is 5.91 Å². The number of rotatable bonds is 8. The summed E-state index contributed by atoms with van der Waals surface area (Å²) in [6.45, 7) is 4.18. The molecule has 3 aromatic rings. The van der Waals surface area contributed by atoms with Gasteiger partial charge in [-0.25, -0.2) is 9.37 Å². The predicted octanol–water partition coefficient (Wildman–Crippen LogP) is 3.65. The van der Waals surface area contributed by atoms with Crippen LogP contribution in [0.4, 0.5) is 15.9 Å². The Labute approximate surface area is 206 Å². The van der Waals surface area contributed by atoms with Crippen molar-refractivity contribution < 1.29 is 9.18 Å². The van der Waals surface area contributed by atoms with Crippen LogP contribution in [0, 0.1) is 12.7 Å². The van der Waals surface area contributed by atoms with Crippen LogP contribution in [0.5, 0.6) is 0 Å². The number of halogens is 1. The number of aryl methyl sites for hydroxylation is 1. The van der Waals surface area contributed by atoms with Crippen molar-refractivity contribution in [2.45, 2.75) is 45.3 Å². The van der Waals surface area contributed by atoms with Crippen molar-refractivity contribution in [3.63, 3.8) is 0 Å². The number of benzene rings is 2. The fraction of sp³-hybridized carbons (Fsp3) is 0.360. The molecule has 182 valence electrons. The SMILES string of the molecule is Cc1ccc(Nc2c(-c3ccc(F)cc3)nc3n2CCN(C(=O)[C@@H](N)CCCCN)C3)cc1.S. The summed E-state index contributed by atoms with van der Waals surface area (Å²) in [6.07, 6.45) is 2.33. The van der Waals surface area contributed by atoms with Gasteiger partial charge in [-0.05, 0) is 62.7 Å². The number of anilines is 2. The number of aromatic nitrogens is 2. The summed E-state index contributed by atoms with van der Waals surface area (Å²) < 4.78 is 15.6. The fourth-order valence-electron chi connectivity index (χ4n) is 4.10. The molecular weight excluding hydrogens is 451 g/mol. The molecule has 0 saturated heterocycles. The van der Waals surface area contributed by atoms with E-state index in [9.17, 15) is 9.18 Å². The Bertz CT molecular complexity index is 1100. The van der Waals surface area contributed by atoms with Gasteiger partial charge in [0.1, 0.15) is 23.2 Å². The standard InChI is InChI=1S/C25H31FN6O.H2S/c1-17-5-11-20(12-6-17)29-24-23(18-7-9-19(26)10-8-18)30-22-16-31(14-15-32(22)24)25(33)21(28)4-2-3-13-27;/h5-12,21,29H,2-4,13-16,27-28H2,1H3;1H2/t21-;/m0./s1. The van der Waals surface area contributed by atoms with Gasteiger partial charge >= 0.3 is 0 Å². The number of nitrogens with one attached hydrogen (secondary N) is 1. The van der Waals surface area contributed by atoms with Crippen molar-refractivity contribution in [2.75, 3.05) is 18.4 Å². The number of amides is 1. The van der Waals surface area contributed by atoms with Crippen molar-refractivity contribution in [3.8, 4) is 11.3 Å². The fourth-order valence-corrected chi connectivity index (χ4v) is 4.10. The summed E-state index contributed by atoms with van der Waals surface area (Å²) in [5.74, 6) is 1.26. The number of unbranched alkanes of at least 4 members (excludes halogenated alkanes) is 1. The monoisotopic (exact) mass is 484 g/mol. The van der Waals surface area contributed by atoms with Crippen LogP contribution < -0.4 is 16.8 Å². The lowest BCUT2D eigenvalue weighted by Gasteiger charge is -2.30. The van der Waals surface area contributed by atoms with E-state index >= 15 is 0 Å². The number of hydrogen-bond donors (Lipinski definition) is 3. The molecule has 7 nitrogen and oxygen atoms in total. The topological polar surface area (TPSA) is 102 Å². The molecule has 1 atom stereocenters. The van der Waals surface area contributed by atoms with Crippen LogP contribution in [0.1, 0.15) is 30.7 Å². The number of nitrogens with zero attached hydrogens (tertiary/aromatic N) is 3. The van der Waals surface area contributed by atoms with Crippen LogP contribution in [-0.2, 0) is 17.9 Å². The molecule has 1 aliphatic rings. The normalized spacial score (nSPS) is 13.7. The molecular formula is C25H33FN6OS. The van der Waals surface area contributed by atoms with Gasteiger partial charge in [0, 0.05) is 24.3 Å². The van der Waals surface area contributed by atoms with Gasteiger partial charge in [-0.2, -0.15) is 13.5 Å². The first kappa shape index (κ1) is 25.7. The molecule has 4 rings (SSSR count). The maximum absolute atomic E-state index is 13.5. The molecule has 34 heavy (non-hydrogen) atoms. The van der Waals surface area contributed by atoms with Gasteiger partial charge in [0.05, 0.1) is 12.6 Å². The van der Waals surface area contributed by atoms with E-state index in [2.05, 4.69) is 9.88 Å². The smallest absolute Gasteiger partial charge is 0.239 e. The summed E-state index contributed by atoms with van der Waals surface area (Å²) in [4.78, 5) is 19.5. The summed E-state index contributed by atoms with van der Waals surface area (Å²) in [5, 5.41) is 3.49. The minimum Gasteiger partial charge on any atom is -0.340 e. The van der Waals surface area contributed by atoms with Gasteiger partial charge in [-0.3, -0.25) is 4.79 Å². The Kier molecular flexibility index (Phi) is 8.71. The van der Waals surface area contributed by atoms with Gasteiger partial charge in [-0.15, -0.1) is 0 Å². The highest BCUT2D eigenvalue weighted by atomic mass is 32.1. The number of fused-ring (bicyclic) bond motifs is 1. The van der Waals surface area contributed by atoms with Crippen LogP contribution in [0.15, 0.2) is 48.5 Å². The molecule has 0 spiro atoms. The van der Waals surface area contributed by atoms with Crippen LogP contribution in [0.25, 0.3) is 11.3 Å². The number of imidazole rings is 1. The molecule has 0 fully saturated rings. The van der Waals surface area contributed by atoms with Gasteiger partial charge < -0.3 is 26.3 Å². The molecule has 1 amide bonds. The Morgan fingerprint density at radius 3 is 2.50 bits per heavy atom. The maximum atomic E-state index is 13.5. The first-order valence-electron chi connectivity index (χ1n) is 11.4. The van der Waals surface area contributed by atoms with Crippen molar-refractivity contribution in [3.05, 3.63) is 65.7 Å². The molecule has 0 radical (unpaired) electrons. The van der Waals surface area contributed by atoms with Crippen molar-refractivity contribution in [2.24, 2.45) is 11.5 Å². The first-order valence-corrected chi connectivity index (χ1v) is 11.4. The Hall–Kier alpha value is -2.88. The average Bonchev–Trinajstić information content (AvgIpc) is 3.18. The Morgan fingerprint density at radius 2 is 1.82 bits per heavy atom. The van der Waals surface area contributed by atoms with Gasteiger partial charge in [0.25, 0.3) is 0 Å². The molecule has 1 aromatic heterocycles. The number of carbonyl (C=O) groups is 1.